The highest BCUT2D eigenvalue weighted by molar-refractivity contribution is 5.02. The molecule has 1 rings (SSSR count). The molecule has 1 heterocycles. The number of ether oxygens (including phenoxy) is 7. The predicted octanol–water partition coefficient (Wildman–Crippen LogP) is 0.975. The second-order valence-electron chi connectivity index (χ2n) is 9.28. The zero-order valence-electron chi connectivity index (χ0n) is 23.2. The number of rotatable bonds is 18. The zero-order valence-corrected chi connectivity index (χ0v) is 23.2. The summed E-state index contributed by atoms with van der Waals surface area (Å²) in [5.74, 6) is 0. The number of aliphatic hydroxyl groups is 4. The highest BCUT2D eigenvalue weighted by Gasteiger charge is 2.53. The molecule has 36 heavy (non-hydrogen) atoms. The summed E-state index contributed by atoms with van der Waals surface area (Å²) >= 11 is 0. The van der Waals surface area contributed by atoms with E-state index in [-0.39, 0.29) is 12.7 Å². The van der Waals surface area contributed by atoms with Gasteiger partial charge in [0.15, 0.2) is 0 Å². The third-order valence-corrected chi connectivity index (χ3v) is 7.11. The van der Waals surface area contributed by atoms with Crippen molar-refractivity contribution in [2.24, 2.45) is 0 Å². The van der Waals surface area contributed by atoms with E-state index in [0.717, 1.165) is 12.8 Å². The lowest BCUT2D eigenvalue weighted by molar-refractivity contribution is -0.348. The highest BCUT2D eigenvalue weighted by Crippen LogP contribution is 2.35. The van der Waals surface area contributed by atoms with Crippen molar-refractivity contribution in [3.8, 4) is 0 Å². The van der Waals surface area contributed by atoms with Gasteiger partial charge in [0, 0.05) is 21.3 Å². The Balaban J connectivity index is 3.19. The minimum absolute atomic E-state index is 0.0253. The van der Waals surface area contributed by atoms with E-state index >= 15 is 0 Å². The molecule has 0 amide bonds. The minimum Gasteiger partial charge on any atom is -0.394 e. The Morgan fingerprint density at radius 2 is 1.58 bits per heavy atom. The third-order valence-electron chi connectivity index (χ3n) is 7.11. The topological polar surface area (TPSA) is 146 Å². The largest absolute Gasteiger partial charge is 0.394 e. The van der Waals surface area contributed by atoms with Crippen molar-refractivity contribution < 1.29 is 53.6 Å². The van der Waals surface area contributed by atoms with Crippen molar-refractivity contribution in [1.29, 1.82) is 0 Å². The fourth-order valence-electron chi connectivity index (χ4n) is 4.52. The maximum absolute atomic E-state index is 11.2. The van der Waals surface area contributed by atoms with E-state index in [4.69, 9.17) is 33.2 Å². The second-order valence-corrected chi connectivity index (χ2v) is 9.28. The lowest BCUT2D eigenvalue weighted by Crippen LogP contribution is -2.66. The molecule has 0 aliphatic carbocycles. The monoisotopic (exact) mass is 526 g/mol. The van der Waals surface area contributed by atoms with Crippen LogP contribution < -0.4 is 0 Å². The van der Waals surface area contributed by atoms with Crippen molar-refractivity contribution in [1.82, 2.24) is 0 Å². The number of aliphatic hydroxyl groups excluding tert-OH is 3. The molecule has 1 aliphatic rings. The van der Waals surface area contributed by atoms with Gasteiger partial charge in [-0.15, -0.1) is 0 Å². The summed E-state index contributed by atoms with van der Waals surface area (Å²) in [4.78, 5) is 0. The molecule has 11 nitrogen and oxygen atoms in total. The third kappa shape index (κ3) is 8.54. The molecule has 1 fully saturated rings. The van der Waals surface area contributed by atoms with Gasteiger partial charge in [0.1, 0.15) is 36.6 Å². The molecular formula is C25H50O11. The Kier molecular flexibility index (Phi) is 15.4. The Labute approximate surface area is 215 Å². The maximum atomic E-state index is 11.2. The van der Waals surface area contributed by atoms with Crippen LogP contribution in [0.15, 0.2) is 0 Å². The van der Waals surface area contributed by atoms with Gasteiger partial charge in [-0.1, -0.05) is 27.7 Å². The smallest absolute Gasteiger partial charge is 0.210 e. The van der Waals surface area contributed by atoms with E-state index in [0.29, 0.717) is 12.8 Å². The van der Waals surface area contributed by atoms with Crippen LogP contribution in [0.4, 0.5) is 0 Å². The van der Waals surface area contributed by atoms with E-state index in [1.54, 1.807) is 0 Å². The van der Waals surface area contributed by atoms with Gasteiger partial charge in [-0.05, 0) is 32.6 Å². The van der Waals surface area contributed by atoms with Gasteiger partial charge < -0.3 is 53.6 Å². The van der Waals surface area contributed by atoms with E-state index in [1.807, 2.05) is 34.6 Å². The van der Waals surface area contributed by atoms with Crippen LogP contribution in [0.3, 0.4) is 0 Å². The molecule has 4 N–H and O–H groups in total. The standard InChI is InChI=1S/C25H50O11/c1-9-16(10-2)33-15(5)18(14-30-6)35-24(23(28)32-8)36-20-17(13-26)34-22(21(31-7)19(20)27)25(29,11-3)12-4/h15-24,26-29H,9-14H2,1-8H3/t15-,17-,18?,19?,20?,21?,22+,23+,24?/m0/s1. The number of hydrogen-bond donors (Lipinski definition) is 4. The quantitative estimate of drug-likeness (QED) is 0.190. The van der Waals surface area contributed by atoms with Gasteiger partial charge in [-0.25, -0.2) is 0 Å². The lowest BCUT2D eigenvalue weighted by atomic mass is 9.81. The SMILES string of the molecule is CCC(CC)O[C@@H](C)C(COC)OC(OC1C(O)C(OC)[C@H](C(O)(CC)CC)O[C@H]1CO)[C@H](O)OC. The van der Waals surface area contributed by atoms with Crippen molar-refractivity contribution in [2.75, 3.05) is 34.5 Å². The maximum Gasteiger partial charge on any atom is 0.210 e. The molecule has 0 radical (unpaired) electrons. The summed E-state index contributed by atoms with van der Waals surface area (Å²) in [6.45, 7) is 9.16. The zero-order chi connectivity index (χ0) is 27.5. The lowest BCUT2D eigenvalue weighted by Gasteiger charge is -2.49. The van der Waals surface area contributed by atoms with Gasteiger partial charge in [0.05, 0.1) is 31.0 Å². The Hall–Kier alpha value is -0.440. The van der Waals surface area contributed by atoms with Crippen LogP contribution in [0.1, 0.15) is 60.3 Å². The molecular weight excluding hydrogens is 476 g/mol. The normalized spacial score (nSPS) is 28.8. The van der Waals surface area contributed by atoms with Crippen LogP contribution >= 0.6 is 0 Å². The predicted molar refractivity (Wildman–Crippen MR) is 131 cm³/mol. The first-order valence-corrected chi connectivity index (χ1v) is 13.0. The molecule has 1 aliphatic heterocycles. The molecule has 216 valence electrons. The van der Waals surface area contributed by atoms with Crippen molar-refractivity contribution in [3.63, 3.8) is 0 Å². The van der Waals surface area contributed by atoms with Crippen LogP contribution in [0.5, 0.6) is 0 Å². The first-order chi connectivity index (χ1) is 17.1. The van der Waals surface area contributed by atoms with Crippen molar-refractivity contribution in [2.45, 2.75) is 127 Å². The summed E-state index contributed by atoms with van der Waals surface area (Å²) in [5, 5.41) is 42.9. The van der Waals surface area contributed by atoms with Crippen molar-refractivity contribution >= 4 is 0 Å². The molecule has 0 bridgehead atoms. The molecule has 1 saturated heterocycles. The number of hydrogen-bond acceptors (Lipinski definition) is 11. The molecule has 0 spiro atoms. The number of methoxy groups -OCH3 is 3. The Bertz CT molecular complexity index is 572. The molecule has 0 aromatic rings. The summed E-state index contributed by atoms with van der Waals surface area (Å²) in [6, 6.07) is 0. The highest BCUT2D eigenvalue weighted by atomic mass is 16.8. The Morgan fingerprint density at radius 1 is 0.972 bits per heavy atom. The van der Waals surface area contributed by atoms with Gasteiger partial charge in [-0.3, -0.25) is 0 Å². The van der Waals surface area contributed by atoms with Gasteiger partial charge in [0.2, 0.25) is 12.6 Å². The molecule has 0 aromatic carbocycles. The van der Waals surface area contributed by atoms with Gasteiger partial charge in [0.25, 0.3) is 0 Å². The van der Waals surface area contributed by atoms with Crippen molar-refractivity contribution in [3.05, 3.63) is 0 Å². The first kappa shape index (κ1) is 33.6. The van der Waals surface area contributed by atoms with E-state index in [9.17, 15) is 20.4 Å². The van der Waals surface area contributed by atoms with Crippen LogP contribution in [0, 0.1) is 0 Å². The second kappa shape index (κ2) is 16.5. The summed E-state index contributed by atoms with van der Waals surface area (Å²) in [7, 11) is 4.21. The molecule has 0 saturated carbocycles. The van der Waals surface area contributed by atoms with Crippen LogP contribution in [-0.2, 0) is 33.2 Å². The molecule has 5 unspecified atom stereocenters. The summed E-state index contributed by atoms with van der Waals surface area (Å²) in [6.07, 6.45) is -6.97. The summed E-state index contributed by atoms with van der Waals surface area (Å²) in [5.41, 5.74) is -1.28. The average molecular weight is 527 g/mol. The average Bonchev–Trinajstić information content (AvgIpc) is 2.90. The van der Waals surface area contributed by atoms with Crippen LogP contribution in [0.2, 0.25) is 0 Å². The Morgan fingerprint density at radius 3 is 2.03 bits per heavy atom. The van der Waals surface area contributed by atoms with E-state index in [1.165, 1.54) is 21.3 Å². The fraction of sp³-hybridized carbons (Fsp3) is 1.00. The minimum atomic E-state index is -1.53. The molecule has 0 aromatic heterocycles. The van der Waals surface area contributed by atoms with Gasteiger partial charge in [-0.2, -0.15) is 0 Å². The fourth-order valence-corrected chi connectivity index (χ4v) is 4.52. The molecule has 9 atom stereocenters. The molecule has 11 heteroatoms. The van der Waals surface area contributed by atoms with Gasteiger partial charge >= 0.3 is 0 Å². The van der Waals surface area contributed by atoms with E-state index < -0.39 is 67.5 Å². The van der Waals surface area contributed by atoms with E-state index in [2.05, 4.69) is 0 Å². The van der Waals surface area contributed by atoms with Crippen LogP contribution in [-0.4, -0.2) is 122 Å². The first-order valence-electron chi connectivity index (χ1n) is 13.0. The summed E-state index contributed by atoms with van der Waals surface area (Å²) < 4.78 is 40.1. The van der Waals surface area contributed by atoms with Crippen LogP contribution in [0.25, 0.3) is 0 Å².